The summed E-state index contributed by atoms with van der Waals surface area (Å²) in [5, 5.41) is 8.81. The molecule has 46 heavy (non-hydrogen) atoms. The largest absolute Gasteiger partial charge is 0.256 e. The van der Waals surface area contributed by atoms with Crippen LogP contribution in [0.25, 0.3) is 98.9 Å². The van der Waals surface area contributed by atoms with Crippen molar-refractivity contribution in [2.75, 3.05) is 0 Å². The first-order chi connectivity index (χ1) is 22.8. The first-order valence-corrected chi connectivity index (χ1v) is 15.9. The number of benzene rings is 8. The molecule has 0 saturated carbocycles. The van der Waals surface area contributed by atoms with Crippen molar-refractivity contribution in [3.63, 3.8) is 0 Å². The third-order valence-electron chi connectivity index (χ3n) is 9.80. The van der Waals surface area contributed by atoms with Gasteiger partial charge in [-0.1, -0.05) is 121 Å². The number of nitrogens with zero attached hydrogens (tertiary/aromatic N) is 1. The number of hydrogen-bond donors (Lipinski definition) is 0. The molecular formula is C45H27N. The van der Waals surface area contributed by atoms with E-state index in [1.807, 2.05) is 12.3 Å². The van der Waals surface area contributed by atoms with Gasteiger partial charge in [-0.2, -0.15) is 0 Å². The fraction of sp³-hybridized carbons (Fsp3) is 0. The van der Waals surface area contributed by atoms with Crippen LogP contribution < -0.4 is 0 Å². The maximum absolute atomic E-state index is 4.68. The summed E-state index contributed by atoms with van der Waals surface area (Å²) >= 11 is 0. The lowest BCUT2D eigenvalue weighted by atomic mass is 9.92. The Bertz CT molecular complexity index is 2670. The van der Waals surface area contributed by atoms with Crippen molar-refractivity contribution < 1.29 is 0 Å². The Hall–Kier alpha value is -6.05. The quantitative estimate of drug-likeness (QED) is 0.202. The fourth-order valence-electron chi connectivity index (χ4n) is 7.49. The predicted octanol–water partition coefficient (Wildman–Crippen LogP) is 12.3. The first-order valence-electron chi connectivity index (χ1n) is 15.9. The van der Waals surface area contributed by atoms with Crippen molar-refractivity contribution in [2.45, 2.75) is 0 Å². The van der Waals surface area contributed by atoms with Crippen molar-refractivity contribution in [3.8, 4) is 55.6 Å². The molecule has 0 bridgehead atoms. The summed E-state index contributed by atoms with van der Waals surface area (Å²) in [4.78, 5) is 4.68. The monoisotopic (exact) mass is 581 g/mol. The van der Waals surface area contributed by atoms with Gasteiger partial charge in [-0.25, -0.2) is 0 Å². The molecule has 0 saturated heterocycles. The highest BCUT2D eigenvalue weighted by Crippen LogP contribution is 2.49. The highest BCUT2D eigenvalue weighted by molar-refractivity contribution is 6.18. The van der Waals surface area contributed by atoms with Crippen molar-refractivity contribution in [2.24, 2.45) is 0 Å². The Kier molecular flexibility index (Phi) is 5.35. The number of hydrogen-bond acceptors (Lipinski definition) is 1. The SMILES string of the molecule is c1ccc2c(c1)-c1cccc3c(-c4ccc5ccc(-c6ccc7cc(-c8cnc9ccccc9c8)ccc7c6)cc5c4)ccc-2c13. The second kappa shape index (κ2) is 9.72. The van der Waals surface area contributed by atoms with Crippen molar-refractivity contribution in [3.05, 3.63) is 164 Å². The molecule has 9 aromatic rings. The maximum atomic E-state index is 4.68. The highest BCUT2D eigenvalue weighted by atomic mass is 14.6. The molecule has 1 heteroatoms. The van der Waals surface area contributed by atoms with Gasteiger partial charge in [0.2, 0.25) is 0 Å². The molecule has 1 nitrogen and oxygen atoms in total. The van der Waals surface area contributed by atoms with E-state index in [-0.39, 0.29) is 0 Å². The molecule has 0 atom stereocenters. The Morgan fingerprint density at radius 1 is 0.304 bits per heavy atom. The number of pyridine rings is 1. The Morgan fingerprint density at radius 3 is 1.63 bits per heavy atom. The van der Waals surface area contributed by atoms with E-state index in [0.29, 0.717) is 0 Å². The minimum absolute atomic E-state index is 1.02. The summed E-state index contributed by atoms with van der Waals surface area (Å²) in [6.45, 7) is 0. The number of fused-ring (bicyclic) bond motifs is 6. The molecule has 0 aliphatic heterocycles. The molecule has 212 valence electrons. The number of aromatic nitrogens is 1. The second-order valence-corrected chi connectivity index (χ2v) is 12.4. The van der Waals surface area contributed by atoms with Gasteiger partial charge in [-0.15, -0.1) is 0 Å². The molecule has 8 aromatic carbocycles. The van der Waals surface area contributed by atoms with Crippen LogP contribution in [0.4, 0.5) is 0 Å². The summed E-state index contributed by atoms with van der Waals surface area (Å²) in [7, 11) is 0. The van der Waals surface area contributed by atoms with Gasteiger partial charge in [0.1, 0.15) is 0 Å². The third-order valence-corrected chi connectivity index (χ3v) is 9.80. The van der Waals surface area contributed by atoms with Gasteiger partial charge in [0.25, 0.3) is 0 Å². The average Bonchev–Trinajstić information content (AvgIpc) is 3.45. The molecule has 1 aromatic heterocycles. The smallest absolute Gasteiger partial charge is 0.0702 e. The van der Waals surface area contributed by atoms with E-state index in [9.17, 15) is 0 Å². The van der Waals surface area contributed by atoms with E-state index in [4.69, 9.17) is 0 Å². The van der Waals surface area contributed by atoms with E-state index >= 15 is 0 Å². The van der Waals surface area contributed by atoms with Gasteiger partial charge in [0, 0.05) is 17.1 Å². The van der Waals surface area contributed by atoms with E-state index in [0.717, 1.165) is 16.5 Å². The van der Waals surface area contributed by atoms with Gasteiger partial charge >= 0.3 is 0 Å². The highest BCUT2D eigenvalue weighted by Gasteiger charge is 2.22. The zero-order valence-corrected chi connectivity index (χ0v) is 25.0. The standard InChI is InChI=1S/C45H27N/c1-4-11-44-35(6-1)26-37(27-46-44)33-18-17-29-22-30(15-16-31(29)23-33)32-14-12-28-13-19-34(25-36(28)24-32)38-20-21-43-40-8-3-2-7-39(40)42-10-5-9-41(38)45(42)43/h1-27H. The van der Waals surface area contributed by atoms with Gasteiger partial charge in [0.15, 0.2) is 0 Å². The summed E-state index contributed by atoms with van der Waals surface area (Å²) in [6, 6.07) is 57.9. The van der Waals surface area contributed by atoms with Crippen molar-refractivity contribution in [1.29, 1.82) is 0 Å². The van der Waals surface area contributed by atoms with Crippen LogP contribution in [0.3, 0.4) is 0 Å². The zero-order valence-electron chi connectivity index (χ0n) is 25.0. The Morgan fingerprint density at radius 2 is 0.848 bits per heavy atom. The Labute approximate surface area is 267 Å². The molecule has 0 N–H and O–H groups in total. The number of para-hydroxylation sites is 1. The fourth-order valence-corrected chi connectivity index (χ4v) is 7.49. The molecule has 0 spiro atoms. The number of rotatable bonds is 3. The van der Waals surface area contributed by atoms with E-state index in [2.05, 4.69) is 157 Å². The van der Waals surface area contributed by atoms with Crippen LogP contribution in [-0.2, 0) is 0 Å². The van der Waals surface area contributed by atoms with Gasteiger partial charge < -0.3 is 0 Å². The lowest BCUT2D eigenvalue weighted by Gasteiger charge is -2.12. The van der Waals surface area contributed by atoms with Crippen molar-refractivity contribution in [1.82, 2.24) is 4.98 Å². The van der Waals surface area contributed by atoms with Crippen LogP contribution in [0.15, 0.2) is 164 Å². The summed E-state index contributed by atoms with van der Waals surface area (Å²) in [5.74, 6) is 0. The minimum atomic E-state index is 1.02. The molecular weight excluding hydrogens is 555 g/mol. The molecule has 0 radical (unpaired) electrons. The van der Waals surface area contributed by atoms with Gasteiger partial charge in [-0.05, 0) is 119 Å². The summed E-state index contributed by atoms with van der Waals surface area (Å²) in [5.41, 5.74) is 13.7. The van der Waals surface area contributed by atoms with Crippen LogP contribution in [0.2, 0.25) is 0 Å². The van der Waals surface area contributed by atoms with Crippen LogP contribution in [0.1, 0.15) is 0 Å². The predicted molar refractivity (Wildman–Crippen MR) is 195 cm³/mol. The van der Waals surface area contributed by atoms with E-state index < -0.39 is 0 Å². The first kappa shape index (κ1) is 25.3. The molecule has 0 amide bonds. The normalized spacial score (nSPS) is 11.9. The van der Waals surface area contributed by atoms with Crippen LogP contribution in [0.5, 0.6) is 0 Å². The molecule has 10 rings (SSSR count). The molecule has 0 fully saturated rings. The summed E-state index contributed by atoms with van der Waals surface area (Å²) < 4.78 is 0. The molecule has 1 heterocycles. The van der Waals surface area contributed by atoms with Crippen molar-refractivity contribution >= 4 is 43.2 Å². The van der Waals surface area contributed by atoms with Gasteiger partial charge in [-0.3, -0.25) is 4.98 Å². The Balaban J connectivity index is 1.03. The van der Waals surface area contributed by atoms with Crippen LogP contribution in [-0.4, -0.2) is 4.98 Å². The molecule has 0 unspecified atom stereocenters. The van der Waals surface area contributed by atoms with E-state index in [1.165, 1.54) is 82.4 Å². The third kappa shape index (κ3) is 3.85. The molecule has 1 aliphatic rings. The maximum Gasteiger partial charge on any atom is 0.0702 e. The summed E-state index contributed by atoms with van der Waals surface area (Å²) in [6.07, 6.45) is 1.98. The topological polar surface area (TPSA) is 12.9 Å². The van der Waals surface area contributed by atoms with Gasteiger partial charge in [0.05, 0.1) is 5.52 Å². The zero-order chi connectivity index (χ0) is 30.2. The van der Waals surface area contributed by atoms with Crippen LogP contribution >= 0.6 is 0 Å². The second-order valence-electron chi connectivity index (χ2n) is 12.4. The average molecular weight is 582 g/mol. The minimum Gasteiger partial charge on any atom is -0.256 e. The lowest BCUT2D eigenvalue weighted by molar-refractivity contribution is 1.41. The lowest BCUT2D eigenvalue weighted by Crippen LogP contribution is -1.86. The molecule has 1 aliphatic carbocycles. The van der Waals surface area contributed by atoms with Crippen LogP contribution in [0, 0.1) is 0 Å². The van der Waals surface area contributed by atoms with E-state index in [1.54, 1.807) is 0 Å².